The monoisotopic (exact) mass is 429 g/mol. The van der Waals surface area contributed by atoms with Crippen molar-refractivity contribution in [3.05, 3.63) is 24.0 Å². The Balaban J connectivity index is 1.52. The number of ether oxygens (including phenoxy) is 2. The van der Waals surface area contributed by atoms with Crippen molar-refractivity contribution in [1.82, 2.24) is 20.1 Å². The summed E-state index contributed by atoms with van der Waals surface area (Å²) in [7, 11) is 0. The SMILES string of the molecule is CC(C)n1nc(N[C@H]2[C@@H]3CC[C@H]2CNC3)nc1Oc1ccc(OC(F)(F)F)c(F)c1. The van der Waals surface area contributed by atoms with Gasteiger partial charge in [-0.25, -0.2) is 9.07 Å². The molecule has 30 heavy (non-hydrogen) atoms. The van der Waals surface area contributed by atoms with Gasteiger partial charge >= 0.3 is 12.4 Å². The number of anilines is 1. The van der Waals surface area contributed by atoms with Crippen LogP contribution in [0.5, 0.6) is 17.5 Å². The first-order valence-electron chi connectivity index (χ1n) is 9.86. The molecule has 1 saturated heterocycles. The molecule has 3 atom stereocenters. The van der Waals surface area contributed by atoms with E-state index in [4.69, 9.17) is 4.74 Å². The van der Waals surface area contributed by atoms with Gasteiger partial charge in [0.1, 0.15) is 5.75 Å². The van der Waals surface area contributed by atoms with Crippen LogP contribution in [0.1, 0.15) is 32.7 Å². The summed E-state index contributed by atoms with van der Waals surface area (Å²) in [4.78, 5) is 4.39. The van der Waals surface area contributed by atoms with Crippen LogP contribution >= 0.6 is 0 Å². The Morgan fingerprint density at radius 1 is 1.20 bits per heavy atom. The number of rotatable bonds is 6. The van der Waals surface area contributed by atoms with E-state index in [0.29, 0.717) is 17.8 Å². The standard InChI is InChI=1S/C19H23F4N5O2/c1-10(2)28-18(29-13-5-6-15(14(20)7-13)30-19(21,22)23)26-17(27-28)25-16-11-3-4-12(16)9-24-8-11/h5-7,10-12,16,24H,3-4,8-9H2,1-2H3,(H,25,27)/t11-,12+,16+. The fourth-order valence-electron chi connectivity index (χ4n) is 4.10. The van der Waals surface area contributed by atoms with Gasteiger partial charge in [0.25, 0.3) is 0 Å². The van der Waals surface area contributed by atoms with Gasteiger partial charge in [-0.1, -0.05) is 0 Å². The molecule has 1 aliphatic heterocycles. The van der Waals surface area contributed by atoms with E-state index in [0.717, 1.165) is 38.1 Å². The van der Waals surface area contributed by atoms with Gasteiger partial charge in [0.05, 0.1) is 6.04 Å². The lowest BCUT2D eigenvalue weighted by Gasteiger charge is -2.30. The lowest BCUT2D eigenvalue weighted by molar-refractivity contribution is -0.275. The molecule has 164 valence electrons. The molecule has 1 aromatic carbocycles. The Labute approximate surface area is 170 Å². The van der Waals surface area contributed by atoms with Crippen LogP contribution in [0.15, 0.2) is 18.2 Å². The quantitative estimate of drug-likeness (QED) is 0.674. The molecule has 0 spiro atoms. The summed E-state index contributed by atoms with van der Waals surface area (Å²) >= 11 is 0. The van der Waals surface area contributed by atoms with Gasteiger partial charge in [-0.2, -0.15) is 4.98 Å². The summed E-state index contributed by atoms with van der Waals surface area (Å²) in [6, 6.07) is 3.17. The zero-order chi connectivity index (χ0) is 21.5. The van der Waals surface area contributed by atoms with Crippen LogP contribution in [0.3, 0.4) is 0 Å². The highest BCUT2D eigenvalue weighted by Gasteiger charge is 2.39. The first kappa shape index (κ1) is 20.7. The summed E-state index contributed by atoms with van der Waals surface area (Å²) in [5.41, 5.74) is 0. The van der Waals surface area contributed by atoms with Crippen LogP contribution in [0.4, 0.5) is 23.5 Å². The Hall–Kier alpha value is -2.56. The van der Waals surface area contributed by atoms with E-state index >= 15 is 0 Å². The van der Waals surface area contributed by atoms with Gasteiger partial charge in [-0.15, -0.1) is 18.3 Å². The average Bonchev–Trinajstić information content (AvgIpc) is 3.12. The van der Waals surface area contributed by atoms with Gasteiger partial charge in [0, 0.05) is 12.1 Å². The number of hydrogen-bond acceptors (Lipinski definition) is 6. The van der Waals surface area contributed by atoms with Crippen LogP contribution < -0.4 is 20.1 Å². The molecule has 0 amide bonds. The van der Waals surface area contributed by atoms with Crippen molar-refractivity contribution in [3.8, 4) is 17.5 Å². The molecule has 2 heterocycles. The molecule has 4 rings (SSSR count). The number of piperidine rings is 1. The van der Waals surface area contributed by atoms with Gasteiger partial charge in [-0.05, 0) is 63.7 Å². The van der Waals surface area contributed by atoms with Crippen molar-refractivity contribution >= 4 is 5.95 Å². The van der Waals surface area contributed by atoms with E-state index in [1.54, 1.807) is 4.68 Å². The minimum Gasteiger partial charge on any atom is -0.424 e. The highest BCUT2D eigenvalue weighted by molar-refractivity contribution is 5.36. The normalized spacial score (nSPS) is 23.6. The average molecular weight is 429 g/mol. The lowest BCUT2D eigenvalue weighted by Crippen LogP contribution is -2.45. The summed E-state index contributed by atoms with van der Waals surface area (Å²) in [6.45, 7) is 5.68. The highest BCUT2D eigenvalue weighted by Crippen LogP contribution is 2.36. The number of nitrogens with zero attached hydrogens (tertiary/aromatic N) is 3. The largest absolute Gasteiger partial charge is 0.573 e. The van der Waals surface area contributed by atoms with E-state index < -0.39 is 17.9 Å². The first-order chi connectivity index (χ1) is 14.2. The van der Waals surface area contributed by atoms with Crippen LogP contribution in [-0.2, 0) is 0 Å². The molecule has 2 bridgehead atoms. The molecule has 2 aliphatic rings. The third-order valence-corrected chi connectivity index (χ3v) is 5.46. The maximum atomic E-state index is 14.0. The smallest absolute Gasteiger partial charge is 0.424 e. The number of aromatic nitrogens is 3. The topological polar surface area (TPSA) is 73.2 Å². The van der Waals surface area contributed by atoms with E-state index in [1.807, 2.05) is 13.8 Å². The maximum absolute atomic E-state index is 14.0. The molecule has 11 heteroatoms. The van der Waals surface area contributed by atoms with Crippen molar-refractivity contribution in [1.29, 1.82) is 0 Å². The molecule has 2 N–H and O–H groups in total. The third-order valence-electron chi connectivity index (χ3n) is 5.46. The number of fused-ring (bicyclic) bond motifs is 2. The summed E-state index contributed by atoms with van der Waals surface area (Å²) in [5, 5.41) is 11.3. The van der Waals surface area contributed by atoms with Gasteiger partial charge < -0.3 is 20.1 Å². The molecule has 0 radical (unpaired) electrons. The fourth-order valence-corrected chi connectivity index (χ4v) is 4.10. The molecule has 2 fully saturated rings. The Morgan fingerprint density at radius 2 is 1.90 bits per heavy atom. The zero-order valence-electron chi connectivity index (χ0n) is 16.5. The van der Waals surface area contributed by atoms with Crippen LogP contribution in [0.25, 0.3) is 0 Å². The molecule has 0 unspecified atom stereocenters. The summed E-state index contributed by atoms with van der Waals surface area (Å²) < 4.78 is 61.7. The van der Waals surface area contributed by atoms with Crippen molar-refractivity contribution in [2.75, 3.05) is 18.4 Å². The second kappa shape index (κ2) is 7.93. The van der Waals surface area contributed by atoms with Crippen molar-refractivity contribution in [3.63, 3.8) is 0 Å². The third kappa shape index (κ3) is 4.45. The van der Waals surface area contributed by atoms with Crippen molar-refractivity contribution < 1.29 is 27.0 Å². The number of nitrogens with one attached hydrogen (secondary N) is 2. The van der Waals surface area contributed by atoms with Crippen molar-refractivity contribution in [2.24, 2.45) is 11.8 Å². The molecular formula is C19H23F4N5O2. The number of benzene rings is 1. The van der Waals surface area contributed by atoms with Gasteiger partial charge in [0.15, 0.2) is 11.6 Å². The second-order valence-electron chi connectivity index (χ2n) is 7.92. The Bertz CT molecular complexity index is 886. The van der Waals surface area contributed by atoms with Crippen LogP contribution in [0.2, 0.25) is 0 Å². The fraction of sp³-hybridized carbons (Fsp3) is 0.579. The number of hydrogen-bond donors (Lipinski definition) is 2. The lowest BCUT2D eigenvalue weighted by atomic mass is 9.94. The van der Waals surface area contributed by atoms with Crippen molar-refractivity contribution in [2.45, 2.75) is 45.1 Å². The van der Waals surface area contributed by atoms with Gasteiger partial charge in [0.2, 0.25) is 5.95 Å². The summed E-state index contributed by atoms with van der Waals surface area (Å²) in [5.74, 6) is -0.692. The molecule has 2 aromatic rings. The molecule has 1 aromatic heterocycles. The van der Waals surface area contributed by atoms with E-state index in [-0.39, 0.29) is 23.8 Å². The maximum Gasteiger partial charge on any atom is 0.573 e. The van der Waals surface area contributed by atoms with E-state index in [2.05, 4.69) is 25.5 Å². The zero-order valence-corrected chi connectivity index (χ0v) is 16.5. The molecule has 1 saturated carbocycles. The molecule has 7 nitrogen and oxygen atoms in total. The van der Waals surface area contributed by atoms with E-state index in [1.165, 1.54) is 6.07 Å². The minimum atomic E-state index is -4.98. The molecular weight excluding hydrogens is 406 g/mol. The van der Waals surface area contributed by atoms with Crippen LogP contribution in [0, 0.1) is 17.7 Å². The second-order valence-corrected chi connectivity index (χ2v) is 7.92. The first-order valence-corrected chi connectivity index (χ1v) is 9.86. The highest BCUT2D eigenvalue weighted by atomic mass is 19.4. The predicted octanol–water partition coefficient (Wildman–Crippen LogP) is 4.10. The van der Waals surface area contributed by atoms with Crippen LogP contribution in [-0.4, -0.2) is 40.3 Å². The predicted molar refractivity (Wildman–Crippen MR) is 100 cm³/mol. The Kier molecular flexibility index (Phi) is 5.48. The molecule has 1 aliphatic carbocycles. The summed E-state index contributed by atoms with van der Waals surface area (Å²) in [6.07, 6.45) is -2.68. The number of alkyl halides is 3. The Morgan fingerprint density at radius 3 is 2.50 bits per heavy atom. The number of halogens is 4. The minimum absolute atomic E-state index is 0.00943. The van der Waals surface area contributed by atoms with E-state index in [9.17, 15) is 17.6 Å². The van der Waals surface area contributed by atoms with Gasteiger partial charge in [-0.3, -0.25) is 0 Å².